The van der Waals surface area contributed by atoms with Crippen LogP contribution < -0.4 is 0 Å². The third-order valence-electron chi connectivity index (χ3n) is 3.05. The van der Waals surface area contributed by atoms with E-state index in [1.165, 1.54) is 11.8 Å². The molecule has 2 aromatic rings. The molecule has 2 aromatic heterocycles. The number of fused-ring (bicyclic) bond motifs is 1. The highest BCUT2D eigenvalue weighted by molar-refractivity contribution is 8.00. The van der Waals surface area contributed by atoms with E-state index in [1.807, 2.05) is 32.4 Å². The number of carboxylic acids is 1. The third kappa shape index (κ3) is 3.74. The molecule has 0 saturated carbocycles. The number of pyridine rings is 1. The summed E-state index contributed by atoms with van der Waals surface area (Å²) in [5.41, 5.74) is 2.78. The minimum Gasteiger partial charge on any atom is -0.480 e. The predicted molar refractivity (Wildman–Crippen MR) is 82.2 cm³/mol. The number of nitrogens with one attached hydrogen (secondary N) is 1. The average Bonchev–Trinajstić information content (AvgIpc) is 2.80. The van der Waals surface area contributed by atoms with Gasteiger partial charge in [-0.25, -0.2) is 0 Å². The van der Waals surface area contributed by atoms with Gasteiger partial charge >= 0.3 is 5.97 Å². The van der Waals surface area contributed by atoms with E-state index >= 15 is 0 Å². The first-order valence-electron chi connectivity index (χ1n) is 6.48. The summed E-state index contributed by atoms with van der Waals surface area (Å²) in [6, 6.07) is 3.81. The molecule has 6 heteroatoms. The monoisotopic (exact) mass is 293 g/mol. The van der Waals surface area contributed by atoms with Gasteiger partial charge in [0.1, 0.15) is 5.25 Å². The highest BCUT2D eigenvalue weighted by Gasteiger charge is 2.20. The molecule has 0 bridgehead atoms. The fourth-order valence-electron chi connectivity index (χ4n) is 1.96. The lowest BCUT2D eigenvalue weighted by atomic mass is 10.1. The summed E-state index contributed by atoms with van der Waals surface area (Å²) in [7, 11) is 3.97. The number of carbonyl (C=O) groups is 1. The molecular weight excluding hydrogens is 274 g/mol. The Balaban J connectivity index is 2.06. The molecule has 2 rings (SSSR count). The Labute approximate surface area is 122 Å². The Hall–Kier alpha value is -1.53. The van der Waals surface area contributed by atoms with Gasteiger partial charge in [0.2, 0.25) is 0 Å². The van der Waals surface area contributed by atoms with Gasteiger partial charge in [-0.2, -0.15) is 0 Å². The summed E-state index contributed by atoms with van der Waals surface area (Å²) >= 11 is 1.48. The van der Waals surface area contributed by atoms with Crippen LogP contribution in [-0.4, -0.2) is 57.6 Å². The average molecular weight is 293 g/mol. The maximum Gasteiger partial charge on any atom is 0.316 e. The second-order valence-corrected chi connectivity index (χ2v) is 6.23. The van der Waals surface area contributed by atoms with E-state index in [-0.39, 0.29) is 0 Å². The summed E-state index contributed by atoms with van der Waals surface area (Å²) in [6.07, 6.45) is 4.08. The summed E-state index contributed by atoms with van der Waals surface area (Å²) in [6.45, 7) is 0.876. The zero-order valence-corrected chi connectivity index (χ0v) is 12.5. The smallest absolute Gasteiger partial charge is 0.316 e. The molecule has 2 N–H and O–H groups in total. The molecule has 108 valence electrons. The van der Waals surface area contributed by atoms with Crippen molar-refractivity contribution in [2.75, 3.05) is 26.4 Å². The van der Waals surface area contributed by atoms with Gasteiger partial charge in [0.15, 0.2) is 0 Å². The lowest BCUT2D eigenvalue weighted by molar-refractivity contribution is -0.136. The zero-order valence-electron chi connectivity index (χ0n) is 11.7. The molecular formula is C14H19N3O2S. The van der Waals surface area contributed by atoms with Crippen LogP contribution >= 0.6 is 11.8 Å². The first-order chi connectivity index (χ1) is 9.58. The second-order valence-electron chi connectivity index (χ2n) is 4.92. The molecule has 1 atom stereocenters. The van der Waals surface area contributed by atoms with Crippen LogP contribution in [0.4, 0.5) is 0 Å². The molecule has 0 aromatic carbocycles. The minimum atomic E-state index is -0.765. The van der Waals surface area contributed by atoms with Gasteiger partial charge in [0, 0.05) is 24.7 Å². The first-order valence-corrected chi connectivity index (χ1v) is 7.53. The molecule has 0 spiro atoms. The van der Waals surface area contributed by atoms with Crippen LogP contribution in [-0.2, 0) is 11.2 Å². The van der Waals surface area contributed by atoms with Crippen molar-refractivity contribution in [3.63, 3.8) is 0 Å². The van der Waals surface area contributed by atoms with Gasteiger partial charge in [0.05, 0.1) is 11.0 Å². The largest absolute Gasteiger partial charge is 0.480 e. The number of aromatic nitrogens is 2. The van der Waals surface area contributed by atoms with Crippen LogP contribution in [0.15, 0.2) is 24.5 Å². The normalized spacial score (nSPS) is 12.9. The molecule has 5 nitrogen and oxygen atoms in total. The van der Waals surface area contributed by atoms with Crippen molar-refractivity contribution >= 4 is 28.8 Å². The summed E-state index contributed by atoms with van der Waals surface area (Å²) < 4.78 is 0. The molecule has 0 amide bonds. The van der Waals surface area contributed by atoms with Crippen molar-refractivity contribution < 1.29 is 9.90 Å². The van der Waals surface area contributed by atoms with Crippen LogP contribution in [0.3, 0.4) is 0 Å². The Bertz CT molecular complexity index is 583. The molecule has 0 aliphatic carbocycles. The van der Waals surface area contributed by atoms with Gasteiger partial charge in [-0.05, 0) is 38.2 Å². The SMILES string of the molecule is CN(C)CCS[C@@H](Cc1c[nH]c2cccnc12)C(=O)O. The van der Waals surface area contributed by atoms with E-state index in [2.05, 4.69) is 14.9 Å². The fourth-order valence-corrected chi connectivity index (χ4v) is 3.16. The van der Waals surface area contributed by atoms with E-state index in [1.54, 1.807) is 6.20 Å². The predicted octanol–water partition coefficient (Wildman–Crippen LogP) is 1.85. The number of carboxylic acid groups (broad SMARTS) is 1. The molecule has 0 aliphatic heterocycles. The van der Waals surface area contributed by atoms with Gasteiger partial charge in [0.25, 0.3) is 0 Å². The van der Waals surface area contributed by atoms with Crippen molar-refractivity contribution in [3.8, 4) is 0 Å². The first kappa shape index (κ1) is 14.9. The number of rotatable bonds is 7. The highest BCUT2D eigenvalue weighted by Crippen LogP contribution is 2.22. The zero-order chi connectivity index (χ0) is 14.5. The van der Waals surface area contributed by atoms with Crippen molar-refractivity contribution in [3.05, 3.63) is 30.1 Å². The Morgan fingerprint density at radius 3 is 3.05 bits per heavy atom. The Morgan fingerprint density at radius 1 is 1.55 bits per heavy atom. The van der Waals surface area contributed by atoms with Crippen LogP contribution in [0.1, 0.15) is 5.56 Å². The lowest BCUT2D eigenvalue weighted by Gasteiger charge is -2.13. The number of nitrogens with zero attached hydrogens (tertiary/aromatic N) is 2. The van der Waals surface area contributed by atoms with Crippen molar-refractivity contribution in [1.29, 1.82) is 0 Å². The maximum atomic E-state index is 11.4. The number of thioether (sulfide) groups is 1. The molecule has 0 saturated heterocycles. The summed E-state index contributed by atoms with van der Waals surface area (Å²) in [4.78, 5) is 20.9. The number of aliphatic carboxylic acids is 1. The van der Waals surface area contributed by atoms with E-state index in [0.717, 1.165) is 28.9 Å². The van der Waals surface area contributed by atoms with Gasteiger partial charge in [-0.3, -0.25) is 9.78 Å². The fraction of sp³-hybridized carbons (Fsp3) is 0.429. The number of aromatic amines is 1. The quantitative estimate of drug-likeness (QED) is 0.815. The van der Waals surface area contributed by atoms with E-state index < -0.39 is 11.2 Å². The summed E-state index contributed by atoms with van der Waals surface area (Å²) in [5.74, 6) is 0.0405. The number of H-pyrrole nitrogens is 1. The standard InChI is InChI=1S/C14H19N3O2S/c1-17(2)6-7-20-12(14(18)19)8-10-9-16-11-4-3-5-15-13(10)11/h3-5,9,12,16H,6-8H2,1-2H3,(H,18,19)/t12-/m0/s1. The molecule has 0 radical (unpaired) electrons. The molecule has 0 aliphatic rings. The Kier molecular flexibility index (Phi) is 5.03. The summed E-state index contributed by atoms with van der Waals surface area (Å²) in [5, 5.41) is 8.91. The van der Waals surface area contributed by atoms with Gasteiger partial charge < -0.3 is 15.0 Å². The lowest BCUT2D eigenvalue weighted by Crippen LogP contribution is -2.22. The number of hydrogen-bond donors (Lipinski definition) is 2. The second kappa shape index (κ2) is 6.76. The highest BCUT2D eigenvalue weighted by atomic mass is 32.2. The van der Waals surface area contributed by atoms with Crippen molar-refractivity contribution in [1.82, 2.24) is 14.9 Å². The van der Waals surface area contributed by atoms with E-state index in [0.29, 0.717) is 6.42 Å². The van der Waals surface area contributed by atoms with E-state index in [4.69, 9.17) is 0 Å². The number of hydrogen-bond acceptors (Lipinski definition) is 4. The maximum absolute atomic E-state index is 11.4. The van der Waals surface area contributed by atoms with Crippen LogP contribution in [0.25, 0.3) is 11.0 Å². The van der Waals surface area contributed by atoms with Crippen molar-refractivity contribution in [2.24, 2.45) is 0 Å². The minimum absolute atomic E-state index is 0.434. The van der Waals surface area contributed by atoms with Crippen LogP contribution in [0, 0.1) is 0 Å². The Morgan fingerprint density at radius 2 is 2.35 bits per heavy atom. The molecule has 0 unspecified atom stereocenters. The molecule has 2 heterocycles. The van der Waals surface area contributed by atoms with E-state index in [9.17, 15) is 9.90 Å². The van der Waals surface area contributed by atoms with Gasteiger partial charge in [-0.15, -0.1) is 11.8 Å². The topological polar surface area (TPSA) is 69.2 Å². The molecule has 0 fully saturated rings. The van der Waals surface area contributed by atoms with Crippen molar-refractivity contribution in [2.45, 2.75) is 11.7 Å². The van der Waals surface area contributed by atoms with Crippen LogP contribution in [0.2, 0.25) is 0 Å². The third-order valence-corrected chi connectivity index (χ3v) is 4.24. The molecule has 20 heavy (non-hydrogen) atoms. The van der Waals surface area contributed by atoms with Gasteiger partial charge in [-0.1, -0.05) is 0 Å². The van der Waals surface area contributed by atoms with Crippen LogP contribution in [0.5, 0.6) is 0 Å².